The van der Waals surface area contributed by atoms with Gasteiger partial charge in [-0.15, -0.1) is 0 Å². The quantitative estimate of drug-likeness (QED) is 0.629. The standard InChI is InChI=1S/C13H14N2O5/c16-11(17)8-13(6-1-7-13)14-12(18)9-2-4-10(5-3-9)15(19)20/h2-5H,1,6-8H2,(H,14,18)(H,16,17). The molecule has 0 unspecified atom stereocenters. The number of carboxylic acid groups (broad SMARTS) is 1. The van der Waals surface area contributed by atoms with Crippen molar-refractivity contribution >= 4 is 17.6 Å². The van der Waals surface area contributed by atoms with Gasteiger partial charge in [-0.3, -0.25) is 19.7 Å². The Morgan fingerprint density at radius 3 is 2.30 bits per heavy atom. The van der Waals surface area contributed by atoms with Gasteiger partial charge in [0.1, 0.15) is 0 Å². The zero-order valence-electron chi connectivity index (χ0n) is 10.7. The summed E-state index contributed by atoms with van der Waals surface area (Å²) in [5.41, 5.74) is -0.484. The summed E-state index contributed by atoms with van der Waals surface area (Å²) in [6.07, 6.45) is 2.05. The number of nitrogens with one attached hydrogen (secondary N) is 1. The molecule has 2 N–H and O–H groups in total. The van der Waals surface area contributed by atoms with Crippen LogP contribution in [0.2, 0.25) is 0 Å². The first kappa shape index (κ1) is 14.0. The van der Waals surface area contributed by atoms with Crippen LogP contribution in [0.15, 0.2) is 24.3 Å². The lowest BCUT2D eigenvalue weighted by molar-refractivity contribution is -0.384. The number of nitro benzene ring substituents is 1. The van der Waals surface area contributed by atoms with E-state index in [0.29, 0.717) is 12.8 Å². The van der Waals surface area contributed by atoms with E-state index in [4.69, 9.17) is 5.11 Å². The van der Waals surface area contributed by atoms with Gasteiger partial charge in [0.15, 0.2) is 0 Å². The molecule has 0 radical (unpaired) electrons. The number of nitro groups is 1. The van der Waals surface area contributed by atoms with E-state index in [-0.39, 0.29) is 17.7 Å². The Kier molecular flexibility index (Phi) is 3.69. The third kappa shape index (κ3) is 2.93. The van der Waals surface area contributed by atoms with Crippen LogP contribution in [0.3, 0.4) is 0 Å². The van der Waals surface area contributed by atoms with E-state index in [2.05, 4.69) is 5.32 Å². The number of hydrogen-bond acceptors (Lipinski definition) is 4. The van der Waals surface area contributed by atoms with Crippen LogP contribution < -0.4 is 5.32 Å². The van der Waals surface area contributed by atoms with Crippen molar-refractivity contribution in [3.8, 4) is 0 Å². The number of amides is 1. The molecule has 0 spiro atoms. The van der Waals surface area contributed by atoms with E-state index in [9.17, 15) is 19.7 Å². The van der Waals surface area contributed by atoms with Gasteiger partial charge in [0.25, 0.3) is 11.6 Å². The Morgan fingerprint density at radius 1 is 1.30 bits per heavy atom. The molecule has 1 aliphatic carbocycles. The van der Waals surface area contributed by atoms with Gasteiger partial charge in [-0.1, -0.05) is 0 Å². The fourth-order valence-electron chi connectivity index (χ4n) is 2.29. The molecule has 1 aromatic rings. The number of non-ortho nitro benzene ring substituents is 1. The molecule has 2 rings (SSSR count). The van der Waals surface area contributed by atoms with Crippen molar-refractivity contribution in [1.82, 2.24) is 5.32 Å². The van der Waals surface area contributed by atoms with Crippen LogP contribution in [0.4, 0.5) is 5.69 Å². The van der Waals surface area contributed by atoms with Gasteiger partial charge in [-0.05, 0) is 31.4 Å². The van der Waals surface area contributed by atoms with Crippen molar-refractivity contribution in [2.24, 2.45) is 0 Å². The minimum absolute atomic E-state index is 0.0922. The lowest BCUT2D eigenvalue weighted by Gasteiger charge is -2.41. The summed E-state index contributed by atoms with van der Waals surface area (Å²) in [6.45, 7) is 0. The van der Waals surface area contributed by atoms with E-state index in [1.165, 1.54) is 24.3 Å². The maximum Gasteiger partial charge on any atom is 0.305 e. The molecule has 0 heterocycles. The second-order valence-electron chi connectivity index (χ2n) is 4.96. The van der Waals surface area contributed by atoms with Crippen molar-refractivity contribution < 1.29 is 19.6 Å². The average molecular weight is 278 g/mol. The third-order valence-electron chi connectivity index (χ3n) is 3.52. The lowest BCUT2D eigenvalue weighted by Crippen LogP contribution is -2.54. The summed E-state index contributed by atoms with van der Waals surface area (Å²) in [5, 5.41) is 22.1. The molecule has 0 atom stereocenters. The third-order valence-corrected chi connectivity index (χ3v) is 3.52. The van der Waals surface area contributed by atoms with E-state index in [1.807, 2.05) is 0 Å². The number of rotatable bonds is 5. The number of benzene rings is 1. The lowest BCUT2D eigenvalue weighted by atomic mass is 9.74. The second-order valence-corrected chi connectivity index (χ2v) is 4.96. The van der Waals surface area contributed by atoms with Crippen LogP contribution in [0.1, 0.15) is 36.0 Å². The van der Waals surface area contributed by atoms with Gasteiger partial charge in [-0.25, -0.2) is 0 Å². The zero-order valence-corrected chi connectivity index (χ0v) is 10.7. The summed E-state index contributed by atoms with van der Waals surface area (Å²) >= 11 is 0. The Labute approximate surface area is 114 Å². The molecule has 20 heavy (non-hydrogen) atoms. The van der Waals surface area contributed by atoms with Crippen LogP contribution in [0.5, 0.6) is 0 Å². The topological polar surface area (TPSA) is 110 Å². The maximum absolute atomic E-state index is 12.0. The van der Waals surface area contributed by atoms with E-state index in [1.54, 1.807) is 0 Å². The molecule has 0 aromatic heterocycles. The molecule has 0 aliphatic heterocycles. The fraction of sp³-hybridized carbons (Fsp3) is 0.385. The van der Waals surface area contributed by atoms with Gasteiger partial charge in [0, 0.05) is 17.7 Å². The predicted octanol–water partition coefficient (Wildman–Crippen LogP) is 1.72. The molecule has 1 fully saturated rings. The van der Waals surface area contributed by atoms with E-state index in [0.717, 1.165) is 6.42 Å². The number of carboxylic acids is 1. The van der Waals surface area contributed by atoms with Crippen molar-refractivity contribution in [1.29, 1.82) is 0 Å². The summed E-state index contributed by atoms with van der Waals surface area (Å²) in [4.78, 5) is 32.8. The van der Waals surface area contributed by atoms with Crippen LogP contribution in [0.25, 0.3) is 0 Å². The van der Waals surface area contributed by atoms with Crippen LogP contribution in [-0.2, 0) is 4.79 Å². The fourth-order valence-corrected chi connectivity index (χ4v) is 2.29. The maximum atomic E-state index is 12.0. The molecule has 0 bridgehead atoms. The highest BCUT2D eigenvalue weighted by Gasteiger charge is 2.40. The second kappa shape index (κ2) is 5.28. The van der Waals surface area contributed by atoms with Crippen LogP contribution in [-0.4, -0.2) is 27.4 Å². The summed E-state index contributed by atoms with van der Waals surface area (Å²) in [7, 11) is 0. The number of carbonyl (C=O) groups excluding carboxylic acids is 1. The number of nitrogens with zero attached hydrogens (tertiary/aromatic N) is 1. The first-order chi connectivity index (χ1) is 9.42. The number of hydrogen-bond donors (Lipinski definition) is 2. The van der Waals surface area contributed by atoms with Gasteiger partial charge in [-0.2, -0.15) is 0 Å². The van der Waals surface area contributed by atoms with Gasteiger partial charge >= 0.3 is 5.97 Å². The monoisotopic (exact) mass is 278 g/mol. The molecule has 0 saturated heterocycles. The van der Waals surface area contributed by atoms with Gasteiger partial charge < -0.3 is 10.4 Å². The minimum Gasteiger partial charge on any atom is -0.481 e. The van der Waals surface area contributed by atoms with Crippen LogP contribution >= 0.6 is 0 Å². The van der Waals surface area contributed by atoms with Gasteiger partial charge in [0.2, 0.25) is 0 Å². The van der Waals surface area contributed by atoms with Crippen molar-refractivity contribution in [3.05, 3.63) is 39.9 Å². The largest absolute Gasteiger partial charge is 0.481 e. The molecule has 7 nitrogen and oxygen atoms in total. The number of carbonyl (C=O) groups is 2. The first-order valence-corrected chi connectivity index (χ1v) is 6.21. The van der Waals surface area contributed by atoms with E-state index >= 15 is 0 Å². The summed E-state index contributed by atoms with van der Waals surface area (Å²) in [6, 6.07) is 5.22. The van der Waals surface area contributed by atoms with E-state index < -0.39 is 22.3 Å². The van der Waals surface area contributed by atoms with Crippen LogP contribution in [0, 0.1) is 10.1 Å². The Hall–Kier alpha value is -2.44. The molecular formula is C13H14N2O5. The SMILES string of the molecule is O=C(O)CC1(NC(=O)c2ccc([N+](=O)[O-])cc2)CCC1. The Balaban J connectivity index is 2.07. The smallest absolute Gasteiger partial charge is 0.305 e. The molecular weight excluding hydrogens is 264 g/mol. The molecule has 1 amide bonds. The van der Waals surface area contributed by atoms with Crippen molar-refractivity contribution in [3.63, 3.8) is 0 Å². The number of aliphatic carboxylic acids is 1. The normalized spacial score (nSPS) is 16.0. The summed E-state index contributed by atoms with van der Waals surface area (Å²) in [5.74, 6) is -1.35. The van der Waals surface area contributed by atoms with Gasteiger partial charge in [0.05, 0.1) is 16.9 Å². The molecule has 1 aromatic carbocycles. The Bertz CT molecular complexity index is 548. The Morgan fingerprint density at radius 2 is 1.90 bits per heavy atom. The molecule has 7 heteroatoms. The molecule has 106 valence electrons. The highest BCUT2D eigenvalue weighted by molar-refractivity contribution is 5.95. The average Bonchev–Trinajstić information content (AvgIpc) is 2.35. The highest BCUT2D eigenvalue weighted by Crippen LogP contribution is 2.35. The first-order valence-electron chi connectivity index (χ1n) is 6.21. The van der Waals surface area contributed by atoms with Crippen molar-refractivity contribution in [2.45, 2.75) is 31.2 Å². The molecule has 1 aliphatic rings. The molecule has 1 saturated carbocycles. The highest BCUT2D eigenvalue weighted by atomic mass is 16.6. The van der Waals surface area contributed by atoms with Crippen molar-refractivity contribution in [2.75, 3.05) is 0 Å². The predicted molar refractivity (Wildman–Crippen MR) is 69.4 cm³/mol. The minimum atomic E-state index is -0.950. The zero-order chi connectivity index (χ0) is 14.8. The summed E-state index contributed by atoms with van der Waals surface area (Å²) < 4.78 is 0.